The SMILES string of the molecule is N#CCC(=N)CCCOCc1ccccc1. The summed E-state index contributed by atoms with van der Waals surface area (Å²) >= 11 is 0. The number of hydrogen-bond donors (Lipinski definition) is 1. The minimum Gasteiger partial charge on any atom is -0.377 e. The summed E-state index contributed by atoms with van der Waals surface area (Å²) in [6, 6.07) is 12.0. The molecule has 1 aromatic carbocycles. The van der Waals surface area contributed by atoms with Crippen molar-refractivity contribution in [2.24, 2.45) is 0 Å². The van der Waals surface area contributed by atoms with Gasteiger partial charge in [-0.15, -0.1) is 0 Å². The highest BCUT2D eigenvalue weighted by molar-refractivity contribution is 5.83. The van der Waals surface area contributed by atoms with Gasteiger partial charge in [0.15, 0.2) is 0 Å². The molecule has 1 aromatic rings. The molecule has 84 valence electrons. The Labute approximate surface area is 96.2 Å². The predicted molar refractivity (Wildman–Crippen MR) is 63.3 cm³/mol. The molecule has 0 aromatic heterocycles. The van der Waals surface area contributed by atoms with E-state index in [2.05, 4.69) is 0 Å². The molecule has 0 radical (unpaired) electrons. The van der Waals surface area contributed by atoms with E-state index in [9.17, 15) is 0 Å². The second-order valence-electron chi connectivity index (χ2n) is 3.58. The summed E-state index contributed by atoms with van der Waals surface area (Å²) in [6.45, 7) is 1.26. The van der Waals surface area contributed by atoms with Crippen LogP contribution in [-0.4, -0.2) is 12.3 Å². The van der Waals surface area contributed by atoms with Crippen LogP contribution in [0.25, 0.3) is 0 Å². The van der Waals surface area contributed by atoms with Gasteiger partial charge in [0.25, 0.3) is 0 Å². The molecule has 0 saturated heterocycles. The predicted octanol–water partition coefficient (Wildman–Crippen LogP) is 2.92. The van der Waals surface area contributed by atoms with Crippen LogP contribution < -0.4 is 0 Å². The third-order valence-corrected chi connectivity index (χ3v) is 2.17. The van der Waals surface area contributed by atoms with Crippen LogP contribution in [0.5, 0.6) is 0 Å². The average molecular weight is 216 g/mol. The molecule has 1 N–H and O–H groups in total. The quantitative estimate of drug-likeness (QED) is 0.562. The molecule has 0 unspecified atom stereocenters. The van der Waals surface area contributed by atoms with Crippen LogP contribution in [0.15, 0.2) is 30.3 Å². The Morgan fingerprint density at radius 1 is 1.31 bits per heavy atom. The van der Waals surface area contributed by atoms with E-state index in [-0.39, 0.29) is 6.42 Å². The maximum atomic E-state index is 8.37. The van der Waals surface area contributed by atoms with Crippen molar-refractivity contribution in [1.29, 1.82) is 10.7 Å². The Morgan fingerprint density at radius 3 is 2.75 bits per heavy atom. The van der Waals surface area contributed by atoms with E-state index in [1.54, 1.807) is 0 Å². The van der Waals surface area contributed by atoms with Gasteiger partial charge in [-0.25, -0.2) is 0 Å². The van der Waals surface area contributed by atoms with Crippen LogP contribution in [0.4, 0.5) is 0 Å². The molecule has 0 aliphatic heterocycles. The number of nitrogens with zero attached hydrogens (tertiary/aromatic N) is 1. The van der Waals surface area contributed by atoms with Crippen LogP contribution in [0.2, 0.25) is 0 Å². The third kappa shape index (κ3) is 5.28. The summed E-state index contributed by atoms with van der Waals surface area (Å²) in [5, 5.41) is 15.8. The second kappa shape index (κ2) is 7.61. The molecule has 0 fully saturated rings. The molecular weight excluding hydrogens is 200 g/mol. The zero-order chi connectivity index (χ0) is 11.6. The number of benzene rings is 1. The highest BCUT2D eigenvalue weighted by atomic mass is 16.5. The van der Waals surface area contributed by atoms with Gasteiger partial charge < -0.3 is 10.1 Å². The Morgan fingerprint density at radius 2 is 2.06 bits per heavy atom. The summed E-state index contributed by atoms with van der Waals surface area (Å²) in [4.78, 5) is 0. The van der Waals surface area contributed by atoms with E-state index in [0.717, 1.165) is 12.0 Å². The fourth-order valence-corrected chi connectivity index (χ4v) is 1.34. The molecule has 0 saturated carbocycles. The van der Waals surface area contributed by atoms with E-state index < -0.39 is 0 Å². The van der Waals surface area contributed by atoms with Gasteiger partial charge in [0.2, 0.25) is 0 Å². The largest absolute Gasteiger partial charge is 0.377 e. The first kappa shape index (κ1) is 12.4. The van der Waals surface area contributed by atoms with Crippen LogP contribution in [0, 0.1) is 16.7 Å². The lowest BCUT2D eigenvalue weighted by atomic mass is 10.2. The Balaban J connectivity index is 2.05. The summed E-state index contributed by atoms with van der Waals surface area (Å²) in [7, 11) is 0. The smallest absolute Gasteiger partial charge is 0.0728 e. The first-order valence-corrected chi connectivity index (χ1v) is 5.38. The maximum Gasteiger partial charge on any atom is 0.0728 e. The molecule has 1 rings (SSSR count). The van der Waals surface area contributed by atoms with E-state index in [0.29, 0.717) is 25.3 Å². The summed E-state index contributed by atoms with van der Waals surface area (Å²) in [5.41, 5.74) is 1.65. The van der Waals surface area contributed by atoms with Gasteiger partial charge in [0, 0.05) is 12.3 Å². The number of ether oxygens (including phenoxy) is 1. The van der Waals surface area contributed by atoms with Crippen molar-refractivity contribution in [1.82, 2.24) is 0 Å². The fourth-order valence-electron chi connectivity index (χ4n) is 1.34. The molecule has 0 spiro atoms. The van der Waals surface area contributed by atoms with Gasteiger partial charge in [-0.05, 0) is 18.4 Å². The first-order valence-electron chi connectivity index (χ1n) is 5.38. The topological polar surface area (TPSA) is 56.9 Å². The Kier molecular flexibility index (Phi) is 5.90. The molecular formula is C13H16N2O. The van der Waals surface area contributed by atoms with Gasteiger partial charge in [-0.3, -0.25) is 0 Å². The molecule has 0 amide bonds. The third-order valence-electron chi connectivity index (χ3n) is 2.17. The molecule has 0 aliphatic carbocycles. The lowest BCUT2D eigenvalue weighted by Gasteiger charge is -2.04. The van der Waals surface area contributed by atoms with Crippen LogP contribution in [0.3, 0.4) is 0 Å². The van der Waals surface area contributed by atoms with Crippen molar-refractivity contribution in [2.45, 2.75) is 25.9 Å². The normalized spacial score (nSPS) is 9.69. The standard InChI is InChI=1S/C13H16N2O/c14-9-8-13(15)7-4-10-16-11-12-5-2-1-3-6-12/h1-3,5-6,15H,4,7-8,10-11H2. The van der Waals surface area contributed by atoms with Gasteiger partial charge >= 0.3 is 0 Å². The average Bonchev–Trinajstić information content (AvgIpc) is 2.30. The highest BCUT2D eigenvalue weighted by Gasteiger charge is 1.96. The van der Waals surface area contributed by atoms with Crippen molar-refractivity contribution in [3.8, 4) is 6.07 Å². The van der Waals surface area contributed by atoms with Crippen molar-refractivity contribution in [3.05, 3.63) is 35.9 Å². The summed E-state index contributed by atoms with van der Waals surface area (Å²) in [6.07, 6.45) is 1.70. The number of hydrogen-bond acceptors (Lipinski definition) is 3. The lowest BCUT2D eigenvalue weighted by Crippen LogP contribution is -2.00. The van der Waals surface area contributed by atoms with Crippen LogP contribution >= 0.6 is 0 Å². The molecule has 0 bridgehead atoms. The van der Waals surface area contributed by atoms with E-state index in [1.807, 2.05) is 36.4 Å². The van der Waals surface area contributed by atoms with Gasteiger partial charge in [-0.1, -0.05) is 30.3 Å². The number of nitrogens with one attached hydrogen (secondary N) is 1. The van der Waals surface area contributed by atoms with Crippen LogP contribution in [0.1, 0.15) is 24.8 Å². The highest BCUT2D eigenvalue weighted by Crippen LogP contribution is 2.02. The van der Waals surface area contributed by atoms with Gasteiger partial charge in [-0.2, -0.15) is 5.26 Å². The number of nitriles is 1. The van der Waals surface area contributed by atoms with E-state index >= 15 is 0 Å². The minimum absolute atomic E-state index is 0.235. The van der Waals surface area contributed by atoms with Crippen molar-refractivity contribution in [3.63, 3.8) is 0 Å². The second-order valence-corrected chi connectivity index (χ2v) is 3.58. The Bertz CT molecular complexity index is 354. The molecule has 3 heteroatoms. The minimum atomic E-state index is 0.235. The van der Waals surface area contributed by atoms with Crippen molar-refractivity contribution in [2.75, 3.05) is 6.61 Å². The molecule has 3 nitrogen and oxygen atoms in total. The zero-order valence-electron chi connectivity index (χ0n) is 9.28. The molecule has 0 atom stereocenters. The first-order chi connectivity index (χ1) is 7.83. The molecule has 16 heavy (non-hydrogen) atoms. The van der Waals surface area contributed by atoms with Gasteiger partial charge in [0.05, 0.1) is 19.1 Å². The Hall–Kier alpha value is -1.66. The van der Waals surface area contributed by atoms with Crippen LogP contribution in [-0.2, 0) is 11.3 Å². The van der Waals surface area contributed by atoms with Crippen molar-refractivity contribution >= 4 is 5.71 Å². The van der Waals surface area contributed by atoms with Crippen molar-refractivity contribution < 1.29 is 4.74 Å². The number of rotatable bonds is 7. The monoisotopic (exact) mass is 216 g/mol. The van der Waals surface area contributed by atoms with E-state index in [1.165, 1.54) is 0 Å². The fraction of sp³-hybridized carbons (Fsp3) is 0.385. The molecule has 0 aliphatic rings. The lowest BCUT2D eigenvalue weighted by molar-refractivity contribution is 0.119. The zero-order valence-corrected chi connectivity index (χ0v) is 9.28. The maximum absolute atomic E-state index is 8.37. The van der Waals surface area contributed by atoms with E-state index in [4.69, 9.17) is 15.4 Å². The summed E-state index contributed by atoms with van der Waals surface area (Å²) < 4.78 is 5.47. The molecule has 0 heterocycles. The van der Waals surface area contributed by atoms with Gasteiger partial charge in [0.1, 0.15) is 0 Å². The summed E-state index contributed by atoms with van der Waals surface area (Å²) in [5.74, 6) is 0.